The maximum atomic E-state index is 5.67. The summed E-state index contributed by atoms with van der Waals surface area (Å²) in [6, 6.07) is 0. The van der Waals surface area contributed by atoms with Crippen molar-refractivity contribution in [1.82, 2.24) is 14.9 Å². The van der Waals surface area contributed by atoms with Gasteiger partial charge in [-0.1, -0.05) is 0 Å². The van der Waals surface area contributed by atoms with Gasteiger partial charge in [0.15, 0.2) is 10.3 Å². The topological polar surface area (TPSA) is 58.3 Å². The van der Waals surface area contributed by atoms with Gasteiger partial charge in [0.1, 0.15) is 0 Å². The molecule has 2 aromatic heterocycles. The largest absolute Gasteiger partial charge is 0.375 e. The lowest BCUT2D eigenvalue weighted by Crippen LogP contribution is -2.45. The lowest BCUT2D eigenvalue weighted by atomic mass is 10.3. The van der Waals surface area contributed by atoms with Crippen molar-refractivity contribution >= 4 is 45.3 Å². The van der Waals surface area contributed by atoms with Crippen LogP contribution in [0.25, 0.3) is 0 Å². The van der Waals surface area contributed by atoms with E-state index in [1.807, 2.05) is 6.20 Å². The second-order valence-electron chi connectivity index (χ2n) is 5.07. The monoisotopic (exact) mass is 345 g/mol. The number of thiazole rings is 2. The lowest BCUT2D eigenvalue weighted by molar-refractivity contribution is 0.251. The van der Waals surface area contributed by atoms with Crippen LogP contribution in [-0.2, 0) is 6.54 Å². The molecule has 1 aliphatic rings. The van der Waals surface area contributed by atoms with Gasteiger partial charge in [-0.15, -0.1) is 35.1 Å². The maximum absolute atomic E-state index is 5.67. The summed E-state index contributed by atoms with van der Waals surface area (Å²) in [4.78, 5) is 16.2. The quantitative estimate of drug-likeness (QED) is 0.926. The summed E-state index contributed by atoms with van der Waals surface area (Å²) in [5.41, 5.74) is 6.83. The predicted octanol–water partition coefficient (Wildman–Crippen LogP) is 2.54. The highest BCUT2D eigenvalue weighted by Crippen LogP contribution is 2.26. The summed E-state index contributed by atoms with van der Waals surface area (Å²) >= 11 is 3.39. The van der Waals surface area contributed by atoms with Crippen LogP contribution >= 0.6 is 35.1 Å². The van der Waals surface area contributed by atoms with Gasteiger partial charge in [-0.05, 0) is 13.8 Å². The number of rotatable bonds is 3. The fourth-order valence-corrected chi connectivity index (χ4v) is 3.99. The number of halogens is 1. The van der Waals surface area contributed by atoms with Crippen molar-refractivity contribution in [2.45, 2.75) is 20.4 Å². The van der Waals surface area contributed by atoms with Crippen molar-refractivity contribution in [3.05, 3.63) is 21.6 Å². The molecule has 2 aromatic rings. The molecule has 0 atom stereocenters. The zero-order chi connectivity index (χ0) is 14.1. The van der Waals surface area contributed by atoms with Crippen LogP contribution < -0.4 is 10.6 Å². The van der Waals surface area contributed by atoms with Crippen LogP contribution in [-0.4, -0.2) is 41.0 Å². The first-order chi connectivity index (χ1) is 9.61. The third-order valence-corrected chi connectivity index (χ3v) is 5.56. The molecule has 116 valence electrons. The Hall–Kier alpha value is -0.890. The van der Waals surface area contributed by atoms with Gasteiger partial charge in [0.2, 0.25) is 0 Å². The van der Waals surface area contributed by atoms with E-state index < -0.39 is 0 Å². The predicted molar refractivity (Wildman–Crippen MR) is 92.9 cm³/mol. The smallest absolute Gasteiger partial charge is 0.185 e. The van der Waals surface area contributed by atoms with E-state index in [1.54, 1.807) is 22.7 Å². The minimum atomic E-state index is 0. The third-order valence-electron chi connectivity index (χ3n) is 3.61. The minimum Gasteiger partial charge on any atom is -0.375 e. The summed E-state index contributed by atoms with van der Waals surface area (Å²) in [6.07, 6.45) is 1.89. The molecule has 8 heteroatoms. The molecule has 0 bridgehead atoms. The second-order valence-corrected chi connectivity index (χ2v) is 7.39. The molecule has 0 radical (unpaired) electrons. The van der Waals surface area contributed by atoms with Crippen LogP contribution in [0.5, 0.6) is 0 Å². The van der Waals surface area contributed by atoms with Gasteiger partial charge in [-0.25, -0.2) is 9.97 Å². The van der Waals surface area contributed by atoms with Crippen molar-refractivity contribution in [1.29, 1.82) is 0 Å². The van der Waals surface area contributed by atoms with Gasteiger partial charge in [0, 0.05) is 48.7 Å². The molecule has 1 saturated heterocycles. The lowest BCUT2D eigenvalue weighted by Gasteiger charge is -2.34. The van der Waals surface area contributed by atoms with Gasteiger partial charge >= 0.3 is 0 Å². The Morgan fingerprint density at radius 2 is 1.90 bits per heavy atom. The van der Waals surface area contributed by atoms with Crippen LogP contribution in [0.3, 0.4) is 0 Å². The second kappa shape index (κ2) is 6.91. The van der Waals surface area contributed by atoms with Crippen molar-refractivity contribution in [2.75, 3.05) is 36.8 Å². The Labute approximate surface area is 139 Å². The van der Waals surface area contributed by atoms with Crippen molar-refractivity contribution in [2.24, 2.45) is 0 Å². The van der Waals surface area contributed by atoms with E-state index in [4.69, 9.17) is 5.73 Å². The number of nitrogens with two attached hydrogens (primary N) is 1. The molecule has 1 fully saturated rings. The summed E-state index contributed by atoms with van der Waals surface area (Å²) in [5.74, 6) is 0. The number of nitrogen functional groups attached to an aromatic ring is 1. The Bertz CT molecular complexity index is 570. The number of hydrogen-bond donors (Lipinski definition) is 1. The number of anilines is 2. The number of aromatic nitrogens is 2. The van der Waals surface area contributed by atoms with E-state index >= 15 is 0 Å². The zero-order valence-corrected chi connectivity index (χ0v) is 14.7. The molecule has 0 aromatic carbocycles. The van der Waals surface area contributed by atoms with Gasteiger partial charge in [-0.2, -0.15) is 0 Å². The van der Waals surface area contributed by atoms with Gasteiger partial charge < -0.3 is 10.6 Å². The SMILES string of the molecule is Cc1nc(N2CCN(Cc3cnc(N)s3)CC2)sc1C.Cl. The van der Waals surface area contributed by atoms with Crippen LogP contribution in [0, 0.1) is 13.8 Å². The van der Waals surface area contributed by atoms with E-state index in [2.05, 4.69) is 33.6 Å². The highest BCUT2D eigenvalue weighted by atomic mass is 35.5. The molecular weight excluding hydrogens is 326 g/mol. The van der Waals surface area contributed by atoms with Gasteiger partial charge in [0.05, 0.1) is 5.69 Å². The zero-order valence-electron chi connectivity index (χ0n) is 12.2. The Morgan fingerprint density at radius 1 is 1.19 bits per heavy atom. The van der Waals surface area contributed by atoms with Crippen LogP contribution in [0.1, 0.15) is 15.4 Å². The van der Waals surface area contributed by atoms with Crippen molar-refractivity contribution in [3.8, 4) is 0 Å². The number of nitrogens with zero attached hydrogens (tertiary/aromatic N) is 4. The van der Waals surface area contributed by atoms with Crippen LogP contribution in [0.2, 0.25) is 0 Å². The van der Waals surface area contributed by atoms with Crippen molar-refractivity contribution in [3.63, 3.8) is 0 Å². The van der Waals surface area contributed by atoms with E-state index in [0.717, 1.165) is 38.4 Å². The van der Waals surface area contributed by atoms with E-state index in [1.165, 1.54) is 14.9 Å². The maximum Gasteiger partial charge on any atom is 0.185 e. The van der Waals surface area contributed by atoms with Crippen molar-refractivity contribution < 1.29 is 0 Å². The summed E-state index contributed by atoms with van der Waals surface area (Å²) in [6.45, 7) is 9.39. The third kappa shape index (κ3) is 3.85. The van der Waals surface area contributed by atoms with Crippen LogP contribution in [0.15, 0.2) is 6.20 Å². The molecule has 0 unspecified atom stereocenters. The van der Waals surface area contributed by atoms with E-state index in [9.17, 15) is 0 Å². The number of piperazine rings is 1. The minimum absolute atomic E-state index is 0. The Morgan fingerprint density at radius 3 is 2.43 bits per heavy atom. The molecule has 0 aliphatic carbocycles. The first-order valence-electron chi connectivity index (χ1n) is 6.73. The van der Waals surface area contributed by atoms with E-state index in [-0.39, 0.29) is 12.4 Å². The molecule has 0 amide bonds. The molecular formula is C13H20ClN5S2. The molecule has 0 spiro atoms. The average molecular weight is 346 g/mol. The molecule has 21 heavy (non-hydrogen) atoms. The highest BCUT2D eigenvalue weighted by molar-refractivity contribution is 7.15. The first kappa shape index (κ1) is 16.5. The fourth-order valence-electron chi connectivity index (χ4n) is 2.30. The number of aryl methyl sites for hydroxylation is 2. The number of hydrogen-bond acceptors (Lipinski definition) is 7. The Kier molecular flexibility index (Phi) is 5.43. The average Bonchev–Trinajstić information content (AvgIpc) is 2.98. The Balaban J connectivity index is 0.00000161. The summed E-state index contributed by atoms with van der Waals surface area (Å²) in [5, 5.41) is 1.83. The summed E-state index contributed by atoms with van der Waals surface area (Å²) in [7, 11) is 0. The van der Waals surface area contributed by atoms with E-state index in [0.29, 0.717) is 5.13 Å². The molecule has 0 saturated carbocycles. The summed E-state index contributed by atoms with van der Waals surface area (Å²) < 4.78 is 0. The fraction of sp³-hybridized carbons (Fsp3) is 0.538. The molecule has 3 heterocycles. The van der Waals surface area contributed by atoms with Gasteiger partial charge in [-0.3, -0.25) is 4.90 Å². The highest BCUT2D eigenvalue weighted by Gasteiger charge is 2.20. The standard InChI is InChI=1S/C13H19N5S2.ClH/c1-9-10(2)19-13(16-9)18-5-3-17(4-6-18)8-11-7-15-12(14)20-11;/h7H,3-6,8H2,1-2H3,(H2,14,15);1H. The molecule has 1 aliphatic heterocycles. The van der Waals surface area contributed by atoms with Crippen LogP contribution in [0.4, 0.5) is 10.3 Å². The van der Waals surface area contributed by atoms with Gasteiger partial charge in [0.25, 0.3) is 0 Å². The molecule has 2 N–H and O–H groups in total. The first-order valence-corrected chi connectivity index (χ1v) is 8.36. The molecule has 5 nitrogen and oxygen atoms in total. The molecule has 3 rings (SSSR count). The normalized spacial score (nSPS) is 16.0.